The smallest absolute Gasteiger partial charge is 0.330 e. The van der Waals surface area contributed by atoms with Crippen LogP contribution >= 0.6 is 0 Å². The number of hydrogen-bond acceptors (Lipinski definition) is 2. The van der Waals surface area contributed by atoms with Gasteiger partial charge in [0.2, 0.25) is 0 Å². The van der Waals surface area contributed by atoms with Gasteiger partial charge in [-0.05, 0) is 30.0 Å². The molecule has 0 fully saturated rings. The fraction of sp³-hybridized carbons (Fsp3) is 0.357. The van der Waals surface area contributed by atoms with Crippen LogP contribution in [0.2, 0.25) is 0 Å². The lowest BCUT2D eigenvalue weighted by atomic mass is 10.0. The Kier molecular flexibility index (Phi) is 4.77. The summed E-state index contributed by atoms with van der Waals surface area (Å²) in [5, 5.41) is 0. The normalized spacial score (nSPS) is 11.3. The molecular weight excluding hydrogens is 200 g/mol. The third kappa shape index (κ3) is 3.54. The molecule has 1 aromatic rings. The third-order valence-electron chi connectivity index (χ3n) is 2.48. The van der Waals surface area contributed by atoms with Crippen LogP contribution in [0.4, 0.5) is 0 Å². The molecular formula is C14H18O2. The first-order valence-corrected chi connectivity index (χ1v) is 5.53. The first kappa shape index (κ1) is 12.5. The molecule has 0 N–H and O–H groups in total. The SMILES string of the molecule is CCCc1ccc(C(C)=CC(=O)OC)cc1. The number of methoxy groups -OCH3 is 1. The first-order chi connectivity index (χ1) is 7.67. The zero-order valence-electron chi connectivity index (χ0n) is 10.1. The van der Waals surface area contributed by atoms with Crippen LogP contribution in [0, 0.1) is 0 Å². The van der Waals surface area contributed by atoms with Gasteiger partial charge < -0.3 is 4.74 Å². The summed E-state index contributed by atoms with van der Waals surface area (Å²) in [6.45, 7) is 4.07. The van der Waals surface area contributed by atoms with Crippen molar-refractivity contribution in [3.63, 3.8) is 0 Å². The highest BCUT2D eigenvalue weighted by atomic mass is 16.5. The van der Waals surface area contributed by atoms with Crippen LogP contribution in [0.1, 0.15) is 31.4 Å². The topological polar surface area (TPSA) is 26.3 Å². The average molecular weight is 218 g/mol. The van der Waals surface area contributed by atoms with Crippen molar-refractivity contribution in [3.8, 4) is 0 Å². The molecule has 0 saturated carbocycles. The van der Waals surface area contributed by atoms with Gasteiger partial charge in [-0.25, -0.2) is 4.79 Å². The van der Waals surface area contributed by atoms with Gasteiger partial charge in [-0.3, -0.25) is 0 Å². The highest BCUT2D eigenvalue weighted by Crippen LogP contribution is 2.15. The van der Waals surface area contributed by atoms with E-state index in [4.69, 9.17) is 0 Å². The van der Waals surface area contributed by atoms with Gasteiger partial charge >= 0.3 is 5.97 Å². The average Bonchev–Trinajstić information content (AvgIpc) is 2.30. The Bertz CT molecular complexity index is 374. The van der Waals surface area contributed by atoms with Crippen molar-refractivity contribution >= 4 is 11.5 Å². The van der Waals surface area contributed by atoms with E-state index in [1.54, 1.807) is 0 Å². The number of aryl methyl sites for hydroxylation is 1. The highest BCUT2D eigenvalue weighted by molar-refractivity contribution is 5.90. The van der Waals surface area contributed by atoms with Gasteiger partial charge in [0.1, 0.15) is 0 Å². The van der Waals surface area contributed by atoms with E-state index in [1.807, 2.05) is 19.1 Å². The standard InChI is InChI=1S/C14H18O2/c1-4-5-12-6-8-13(9-7-12)11(2)10-14(15)16-3/h6-10H,4-5H2,1-3H3. The van der Waals surface area contributed by atoms with Gasteiger partial charge in [-0.2, -0.15) is 0 Å². The maximum absolute atomic E-state index is 11.1. The van der Waals surface area contributed by atoms with E-state index in [0.29, 0.717) is 0 Å². The van der Waals surface area contributed by atoms with Gasteiger partial charge in [0.15, 0.2) is 0 Å². The van der Waals surface area contributed by atoms with E-state index in [0.717, 1.165) is 24.0 Å². The first-order valence-electron chi connectivity index (χ1n) is 5.53. The molecule has 0 bridgehead atoms. The van der Waals surface area contributed by atoms with Gasteiger partial charge in [0, 0.05) is 6.08 Å². The van der Waals surface area contributed by atoms with Crippen molar-refractivity contribution in [3.05, 3.63) is 41.5 Å². The van der Waals surface area contributed by atoms with E-state index in [9.17, 15) is 4.79 Å². The minimum absolute atomic E-state index is 0.310. The predicted octanol–water partition coefficient (Wildman–Crippen LogP) is 3.22. The van der Waals surface area contributed by atoms with Crippen molar-refractivity contribution in [1.82, 2.24) is 0 Å². The van der Waals surface area contributed by atoms with E-state index >= 15 is 0 Å². The number of allylic oxidation sites excluding steroid dienone is 1. The second kappa shape index (κ2) is 6.11. The molecule has 0 atom stereocenters. The van der Waals surface area contributed by atoms with Crippen LogP contribution in [-0.2, 0) is 16.0 Å². The summed E-state index contributed by atoms with van der Waals surface area (Å²) in [6, 6.07) is 8.29. The molecule has 86 valence electrons. The summed E-state index contributed by atoms with van der Waals surface area (Å²) >= 11 is 0. The van der Waals surface area contributed by atoms with Crippen LogP contribution in [0.3, 0.4) is 0 Å². The molecule has 16 heavy (non-hydrogen) atoms. The van der Waals surface area contributed by atoms with Gasteiger partial charge in [-0.15, -0.1) is 0 Å². The van der Waals surface area contributed by atoms with Gasteiger partial charge in [0.05, 0.1) is 7.11 Å². The Hall–Kier alpha value is -1.57. The van der Waals surface area contributed by atoms with E-state index < -0.39 is 0 Å². The minimum atomic E-state index is -0.310. The Labute approximate surface area is 96.9 Å². The molecule has 2 nitrogen and oxygen atoms in total. The summed E-state index contributed by atoms with van der Waals surface area (Å²) in [4.78, 5) is 11.1. The fourth-order valence-corrected chi connectivity index (χ4v) is 1.54. The lowest BCUT2D eigenvalue weighted by Crippen LogP contribution is -1.95. The van der Waals surface area contributed by atoms with Crippen LogP contribution in [-0.4, -0.2) is 13.1 Å². The zero-order chi connectivity index (χ0) is 12.0. The monoisotopic (exact) mass is 218 g/mol. The van der Waals surface area contributed by atoms with Crippen molar-refractivity contribution in [2.24, 2.45) is 0 Å². The largest absolute Gasteiger partial charge is 0.466 e. The third-order valence-corrected chi connectivity index (χ3v) is 2.48. The van der Waals surface area contributed by atoms with E-state index in [2.05, 4.69) is 23.8 Å². The summed E-state index contributed by atoms with van der Waals surface area (Å²) < 4.78 is 4.59. The second-order valence-corrected chi connectivity index (χ2v) is 3.80. The summed E-state index contributed by atoms with van der Waals surface area (Å²) in [5.41, 5.74) is 3.32. The van der Waals surface area contributed by atoms with Crippen LogP contribution in [0.5, 0.6) is 0 Å². The Morgan fingerprint density at radius 3 is 2.44 bits per heavy atom. The van der Waals surface area contributed by atoms with Crippen LogP contribution in [0.15, 0.2) is 30.3 Å². The maximum Gasteiger partial charge on any atom is 0.330 e. The number of ether oxygens (including phenoxy) is 1. The molecule has 0 saturated heterocycles. The molecule has 0 heterocycles. The molecule has 2 heteroatoms. The molecule has 0 aliphatic carbocycles. The van der Waals surface area contributed by atoms with Crippen molar-refractivity contribution in [2.45, 2.75) is 26.7 Å². The number of esters is 1. The lowest BCUT2D eigenvalue weighted by molar-refractivity contribution is -0.134. The molecule has 1 aromatic carbocycles. The lowest BCUT2D eigenvalue weighted by Gasteiger charge is -2.03. The molecule has 1 rings (SSSR count). The van der Waals surface area contributed by atoms with Crippen molar-refractivity contribution in [1.29, 1.82) is 0 Å². The number of rotatable bonds is 4. The Morgan fingerprint density at radius 2 is 1.94 bits per heavy atom. The summed E-state index contributed by atoms with van der Waals surface area (Å²) in [5.74, 6) is -0.310. The Balaban J connectivity index is 2.81. The van der Waals surface area contributed by atoms with Crippen molar-refractivity contribution in [2.75, 3.05) is 7.11 Å². The Morgan fingerprint density at radius 1 is 1.31 bits per heavy atom. The molecule has 0 unspecified atom stereocenters. The summed E-state index contributed by atoms with van der Waals surface area (Å²) in [6.07, 6.45) is 3.76. The second-order valence-electron chi connectivity index (χ2n) is 3.80. The molecule has 0 aliphatic heterocycles. The minimum Gasteiger partial charge on any atom is -0.466 e. The molecule has 0 amide bonds. The highest BCUT2D eigenvalue weighted by Gasteiger charge is 2.00. The number of carbonyl (C=O) groups excluding carboxylic acids is 1. The van der Waals surface area contributed by atoms with E-state index in [-0.39, 0.29) is 5.97 Å². The molecule has 0 aliphatic rings. The molecule has 0 radical (unpaired) electrons. The number of benzene rings is 1. The quantitative estimate of drug-likeness (QED) is 0.573. The van der Waals surface area contributed by atoms with Crippen molar-refractivity contribution < 1.29 is 9.53 Å². The van der Waals surface area contributed by atoms with Gasteiger partial charge in [-0.1, -0.05) is 37.6 Å². The van der Waals surface area contributed by atoms with E-state index in [1.165, 1.54) is 18.7 Å². The predicted molar refractivity (Wildman–Crippen MR) is 66.1 cm³/mol. The fourth-order valence-electron chi connectivity index (χ4n) is 1.54. The maximum atomic E-state index is 11.1. The number of hydrogen-bond donors (Lipinski definition) is 0. The van der Waals surface area contributed by atoms with Crippen LogP contribution in [0.25, 0.3) is 5.57 Å². The summed E-state index contributed by atoms with van der Waals surface area (Å²) in [7, 11) is 1.39. The number of carbonyl (C=O) groups is 1. The zero-order valence-corrected chi connectivity index (χ0v) is 10.1. The molecule has 0 spiro atoms. The van der Waals surface area contributed by atoms with Crippen LogP contribution < -0.4 is 0 Å². The van der Waals surface area contributed by atoms with Gasteiger partial charge in [0.25, 0.3) is 0 Å². The molecule has 0 aromatic heterocycles.